The van der Waals surface area contributed by atoms with E-state index >= 15 is 0 Å². The standard InChI is InChI=1S/C28H22F6N6O4S2/c1-13-7-21(41)39-25(35-13)45-11-23(43)37-15-3-5-17(19(9-15)27(29,30)31)18-6-4-16(10-20(18)28(32,33)34)38-24(44)12-46-26-36-14(2)8-22(42)40-26/h3-10H,11-12H2,1-2H3,(H,37,43)(H,38,44)(H,35,39,41)(H,36,40,42). The number of hydrogen-bond acceptors (Lipinski definition) is 8. The molecule has 0 aliphatic rings. The maximum absolute atomic E-state index is 14.1. The highest BCUT2D eigenvalue weighted by Crippen LogP contribution is 2.44. The molecule has 4 N–H and O–H groups in total. The van der Waals surface area contributed by atoms with Gasteiger partial charge in [-0.05, 0) is 49.2 Å². The Morgan fingerprint density at radius 2 is 1.04 bits per heavy atom. The van der Waals surface area contributed by atoms with E-state index in [0.717, 1.165) is 47.8 Å². The van der Waals surface area contributed by atoms with Crippen molar-refractivity contribution in [3.05, 3.63) is 91.8 Å². The molecule has 0 unspecified atom stereocenters. The lowest BCUT2D eigenvalue weighted by atomic mass is 9.93. The number of carbonyl (C=O) groups excluding carboxylic acids is 2. The summed E-state index contributed by atoms with van der Waals surface area (Å²) in [6.45, 7) is 3.12. The van der Waals surface area contributed by atoms with Crippen LogP contribution in [0.4, 0.5) is 37.7 Å². The molecule has 4 rings (SSSR count). The van der Waals surface area contributed by atoms with Gasteiger partial charge in [-0.15, -0.1) is 0 Å². The van der Waals surface area contributed by atoms with Crippen molar-refractivity contribution >= 4 is 46.7 Å². The highest BCUT2D eigenvalue weighted by molar-refractivity contribution is 8.00. The van der Waals surface area contributed by atoms with E-state index in [1.54, 1.807) is 13.8 Å². The number of hydrogen-bond donors (Lipinski definition) is 4. The van der Waals surface area contributed by atoms with Gasteiger partial charge in [-0.2, -0.15) is 26.3 Å². The van der Waals surface area contributed by atoms with Crippen molar-refractivity contribution in [1.82, 2.24) is 19.9 Å². The van der Waals surface area contributed by atoms with E-state index in [0.29, 0.717) is 23.5 Å². The Balaban J connectivity index is 1.56. The first-order chi connectivity index (χ1) is 21.5. The van der Waals surface area contributed by atoms with Gasteiger partial charge in [0, 0.05) is 34.9 Å². The molecule has 0 fully saturated rings. The summed E-state index contributed by atoms with van der Waals surface area (Å²) in [4.78, 5) is 60.8. The van der Waals surface area contributed by atoms with E-state index in [-0.39, 0.29) is 33.2 Å². The smallest absolute Gasteiger partial charge is 0.325 e. The highest BCUT2D eigenvalue weighted by Gasteiger charge is 2.39. The Morgan fingerprint density at radius 3 is 1.37 bits per heavy atom. The largest absolute Gasteiger partial charge is 0.417 e. The van der Waals surface area contributed by atoms with Gasteiger partial charge in [0.15, 0.2) is 10.3 Å². The second kappa shape index (κ2) is 13.8. The second-order valence-electron chi connectivity index (χ2n) is 9.57. The monoisotopic (exact) mass is 684 g/mol. The SMILES string of the molecule is Cc1cc(=O)[nH]c(SCC(=O)Nc2ccc(-c3ccc(NC(=O)CSc4nc(C)cc(=O)[nH]4)cc3C(F)(F)F)c(C(F)(F)F)c2)n1. The van der Waals surface area contributed by atoms with E-state index < -0.39 is 57.5 Å². The van der Waals surface area contributed by atoms with Gasteiger partial charge in [-0.25, -0.2) is 9.97 Å². The minimum Gasteiger partial charge on any atom is -0.325 e. The molecule has 2 aromatic carbocycles. The van der Waals surface area contributed by atoms with E-state index in [1.807, 2.05) is 0 Å². The number of rotatable bonds is 9. The predicted octanol–water partition coefficient (Wildman–Crippen LogP) is 5.64. The third kappa shape index (κ3) is 9.23. The number of aromatic nitrogens is 4. The molecule has 2 aromatic heterocycles. The zero-order valence-electron chi connectivity index (χ0n) is 23.6. The van der Waals surface area contributed by atoms with Crippen LogP contribution in [0.2, 0.25) is 0 Å². The molecule has 0 saturated heterocycles. The summed E-state index contributed by atoms with van der Waals surface area (Å²) in [5.74, 6) is -2.18. The zero-order chi connectivity index (χ0) is 33.8. The van der Waals surface area contributed by atoms with Gasteiger partial charge >= 0.3 is 12.4 Å². The van der Waals surface area contributed by atoms with Crippen molar-refractivity contribution in [1.29, 1.82) is 0 Å². The van der Waals surface area contributed by atoms with Crippen LogP contribution in [0.25, 0.3) is 11.1 Å². The molecule has 0 atom stereocenters. The highest BCUT2D eigenvalue weighted by atomic mass is 32.2. The van der Waals surface area contributed by atoms with E-state index in [9.17, 15) is 45.5 Å². The summed E-state index contributed by atoms with van der Waals surface area (Å²) in [5, 5.41) is 4.76. The molecule has 0 radical (unpaired) electrons. The van der Waals surface area contributed by atoms with Crippen LogP contribution in [0.1, 0.15) is 22.5 Å². The van der Waals surface area contributed by atoms with Gasteiger partial charge in [0.1, 0.15) is 0 Å². The molecule has 242 valence electrons. The third-order valence-electron chi connectivity index (χ3n) is 5.88. The van der Waals surface area contributed by atoms with Gasteiger partial charge in [-0.1, -0.05) is 35.7 Å². The molecule has 18 heteroatoms. The van der Waals surface area contributed by atoms with Crippen LogP contribution in [0.3, 0.4) is 0 Å². The van der Waals surface area contributed by atoms with Crippen LogP contribution in [-0.4, -0.2) is 43.3 Å². The minimum absolute atomic E-state index is 0.115. The van der Waals surface area contributed by atoms with E-state index in [1.165, 1.54) is 12.1 Å². The Kier molecular flexibility index (Phi) is 10.3. The molecule has 10 nitrogen and oxygen atoms in total. The van der Waals surface area contributed by atoms with E-state index in [2.05, 4.69) is 30.6 Å². The molecule has 2 amide bonds. The average molecular weight is 685 g/mol. The quantitative estimate of drug-likeness (QED) is 0.101. The number of anilines is 2. The molecule has 0 bridgehead atoms. The minimum atomic E-state index is -5.12. The molecule has 0 saturated carbocycles. The maximum atomic E-state index is 14.1. The number of H-pyrrole nitrogens is 2. The summed E-state index contributed by atoms with van der Waals surface area (Å²) in [5.41, 5.74) is -5.29. The average Bonchev–Trinajstić information content (AvgIpc) is 2.93. The Labute approximate surface area is 263 Å². The first-order valence-electron chi connectivity index (χ1n) is 12.9. The molecule has 0 aliphatic heterocycles. The number of alkyl halides is 6. The number of halogens is 6. The number of benzene rings is 2. The Bertz CT molecular complexity index is 1770. The summed E-state index contributed by atoms with van der Waals surface area (Å²) >= 11 is 1.65. The van der Waals surface area contributed by atoms with Crippen molar-refractivity contribution in [2.75, 3.05) is 22.1 Å². The van der Waals surface area contributed by atoms with Gasteiger partial charge < -0.3 is 20.6 Å². The van der Waals surface area contributed by atoms with Crippen LogP contribution in [0.15, 0.2) is 68.4 Å². The lowest BCUT2D eigenvalue weighted by Crippen LogP contribution is -2.17. The maximum Gasteiger partial charge on any atom is 0.417 e. The number of nitrogens with zero attached hydrogens (tertiary/aromatic N) is 2. The molecular weight excluding hydrogens is 662 g/mol. The molecule has 0 spiro atoms. The lowest BCUT2D eigenvalue weighted by Gasteiger charge is -2.20. The van der Waals surface area contributed by atoms with Crippen molar-refractivity contribution in [2.45, 2.75) is 36.5 Å². The topological polar surface area (TPSA) is 150 Å². The number of aryl methyl sites for hydroxylation is 2. The fraction of sp³-hybridized carbons (Fsp3) is 0.214. The predicted molar refractivity (Wildman–Crippen MR) is 160 cm³/mol. The molecule has 2 heterocycles. The van der Waals surface area contributed by atoms with Gasteiger partial charge in [0.25, 0.3) is 11.1 Å². The van der Waals surface area contributed by atoms with Crippen LogP contribution in [0.5, 0.6) is 0 Å². The van der Waals surface area contributed by atoms with Crippen molar-refractivity contribution in [2.24, 2.45) is 0 Å². The number of nitrogens with one attached hydrogen (secondary N) is 4. The number of amides is 2. The summed E-state index contributed by atoms with van der Waals surface area (Å²) < 4.78 is 84.7. The van der Waals surface area contributed by atoms with Gasteiger partial charge in [0.05, 0.1) is 22.6 Å². The Hall–Kier alpha value is -4.58. The first kappa shape index (κ1) is 34.3. The van der Waals surface area contributed by atoms with Crippen LogP contribution in [0, 0.1) is 13.8 Å². The normalized spacial score (nSPS) is 11.7. The summed E-state index contributed by atoms with van der Waals surface area (Å²) in [7, 11) is 0. The summed E-state index contributed by atoms with van der Waals surface area (Å²) in [6, 6.07) is 7.15. The van der Waals surface area contributed by atoms with Gasteiger partial charge in [0.2, 0.25) is 11.8 Å². The zero-order valence-corrected chi connectivity index (χ0v) is 25.3. The first-order valence-corrected chi connectivity index (χ1v) is 14.9. The fourth-order valence-electron chi connectivity index (χ4n) is 4.08. The number of carbonyl (C=O) groups is 2. The number of thioether (sulfide) groups is 2. The Morgan fingerprint density at radius 1 is 0.674 bits per heavy atom. The third-order valence-corrected chi connectivity index (χ3v) is 7.63. The van der Waals surface area contributed by atoms with Crippen LogP contribution < -0.4 is 21.8 Å². The lowest BCUT2D eigenvalue weighted by molar-refractivity contribution is -0.139. The van der Waals surface area contributed by atoms with Crippen molar-refractivity contribution in [3.8, 4) is 11.1 Å². The molecule has 4 aromatic rings. The second-order valence-corrected chi connectivity index (χ2v) is 11.5. The molecular formula is C28H22F6N6O4S2. The van der Waals surface area contributed by atoms with Crippen LogP contribution >= 0.6 is 23.5 Å². The fourth-order valence-corrected chi connectivity index (χ4v) is 5.53. The van der Waals surface area contributed by atoms with Crippen molar-refractivity contribution in [3.63, 3.8) is 0 Å². The van der Waals surface area contributed by atoms with Crippen molar-refractivity contribution < 1.29 is 35.9 Å². The van der Waals surface area contributed by atoms with E-state index in [4.69, 9.17) is 0 Å². The molecule has 0 aliphatic carbocycles. The number of aromatic amines is 2. The molecule has 46 heavy (non-hydrogen) atoms. The van der Waals surface area contributed by atoms with Crippen LogP contribution in [-0.2, 0) is 21.9 Å². The van der Waals surface area contributed by atoms with Gasteiger partial charge in [-0.3, -0.25) is 19.2 Å². The summed E-state index contributed by atoms with van der Waals surface area (Å²) in [6.07, 6.45) is -10.2.